The molecule has 0 aliphatic heterocycles. The van der Waals surface area contributed by atoms with E-state index in [1.165, 1.54) is 12.8 Å². The fourth-order valence-corrected chi connectivity index (χ4v) is 1.72. The standard InChI is InChI=1S/C12H22N2O3/c1-8(2)6-10(11(15)16)13-12(17)14(3)7-9-4-5-9/h8-10H,4-7H2,1-3H3,(H,13,17)(H,15,16). The Hall–Kier alpha value is -1.26. The van der Waals surface area contributed by atoms with Gasteiger partial charge in [-0.1, -0.05) is 13.8 Å². The first kappa shape index (κ1) is 13.8. The SMILES string of the molecule is CC(C)CC(NC(=O)N(C)CC1CC1)C(=O)O. The van der Waals surface area contributed by atoms with E-state index in [9.17, 15) is 9.59 Å². The maximum absolute atomic E-state index is 11.8. The maximum Gasteiger partial charge on any atom is 0.326 e. The van der Waals surface area contributed by atoms with Crippen LogP contribution in [-0.4, -0.2) is 41.6 Å². The van der Waals surface area contributed by atoms with Crippen molar-refractivity contribution >= 4 is 12.0 Å². The zero-order valence-electron chi connectivity index (χ0n) is 10.8. The Balaban J connectivity index is 2.41. The minimum atomic E-state index is -0.966. The van der Waals surface area contributed by atoms with Gasteiger partial charge in [-0.3, -0.25) is 0 Å². The second-order valence-corrected chi connectivity index (χ2v) is 5.29. The summed E-state index contributed by atoms with van der Waals surface area (Å²) in [4.78, 5) is 24.3. The summed E-state index contributed by atoms with van der Waals surface area (Å²) in [5.41, 5.74) is 0. The highest BCUT2D eigenvalue weighted by Crippen LogP contribution is 2.29. The fraction of sp³-hybridized carbons (Fsp3) is 0.833. The van der Waals surface area contributed by atoms with Gasteiger partial charge in [0.05, 0.1) is 0 Å². The van der Waals surface area contributed by atoms with Crippen LogP contribution in [0.25, 0.3) is 0 Å². The van der Waals surface area contributed by atoms with Crippen molar-refractivity contribution in [2.45, 2.75) is 39.2 Å². The zero-order valence-corrected chi connectivity index (χ0v) is 10.8. The lowest BCUT2D eigenvalue weighted by Gasteiger charge is -2.22. The Morgan fingerprint density at radius 3 is 2.41 bits per heavy atom. The van der Waals surface area contributed by atoms with E-state index in [-0.39, 0.29) is 11.9 Å². The van der Waals surface area contributed by atoms with Gasteiger partial charge < -0.3 is 15.3 Å². The van der Waals surface area contributed by atoms with Gasteiger partial charge in [0.1, 0.15) is 6.04 Å². The van der Waals surface area contributed by atoms with Gasteiger partial charge in [0.25, 0.3) is 0 Å². The van der Waals surface area contributed by atoms with E-state index in [4.69, 9.17) is 5.11 Å². The third-order valence-electron chi connectivity index (χ3n) is 2.88. The first-order valence-corrected chi connectivity index (χ1v) is 6.14. The topological polar surface area (TPSA) is 69.6 Å². The maximum atomic E-state index is 11.8. The molecule has 2 amide bonds. The van der Waals surface area contributed by atoms with Crippen LogP contribution in [0.15, 0.2) is 0 Å². The van der Waals surface area contributed by atoms with Gasteiger partial charge >= 0.3 is 12.0 Å². The zero-order chi connectivity index (χ0) is 13.0. The van der Waals surface area contributed by atoms with E-state index < -0.39 is 12.0 Å². The van der Waals surface area contributed by atoms with Crippen molar-refractivity contribution in [2.75, 3.05) is 13.6 Å². The lowest BCUT2D eigenvalue weighted by atomic mass is 10.0. The Kier molecular flexibility index (Phi) is 4.78. The van der Waals surface area contributed by atoms with Crippen LogP contribution < -0.4 is 5.32 Å². The predicted octanol–water partition coefficient (Wildman–Crippen LogP) is 1.54. The van der Waals surface area contributed by atoms with E-state index in [0.29, 0.717) is 12.3 Å². The molecule has 1 fully saturated rings. The molecule has 1 aliphatic carbocycles. The number of hydrogen-bond donors (Lipinski definition) is 2. The van der Waals surface area contributed by atoms with E-state index >= 15 is 0 Å². The molecule has 1 unspecified atom stereocenters. The summed E-state index contributed by atoms with van der Waals surface area (Å²) >= 11 is 0. The fourth-order valence-electron chi connectivity index (χ4n) is 1.72. The summed E-state index contributed by atoms with van der Waals surface area (Å²) in [5, 5.41) is 11.6. The number of carbonyl (C=O) groups excluding carboxylic acids is 1. The molecule has 0 heterocycles. The average molecular weight is 242 g/mol. The molecule has 2 N–H and O–H groups in total. The molecule has 1 saturated carbocycles. The van der Waals surface area contributed by atoms with Gasteiger partial charge in [-0.15, -0.1) is 0 Å². The van der Waals surface area contributed by atoms with E-state index in [2.05, 4.69) is 5.32 Å². The minimum Gasteiger partial charge on any atom is -0.480 e. The Morgan fingerprint density at radius 1 is 1.41 bits per heavy atom. The summed E-state index contributed by atoms with van der Waals surface area (Å²) in [6.45, 7) is 4.60. The molecule has 0 bridgehead atoms. The Bertz CT molecular complexity index is 287. The first-order chi connectivity index (χ1) is 7.90. The molecule has 5 nitrogen and oxygen atoms in total. The Labute approximate surface area is 102 Å². The van der Waals surface area contributed by atoms with Crippen molar-refractivity contribution in [3.63, 3.8) is 0 Å². The summed E-state index contributed by atoms with van der Waals surface area (Å²) in [5.74, 6) is -0.115. The second-order valence-electron chi connectivity index (χ2n) is 5.29. The number of amides is 2. The number of carboxylic acid groups (broad SMARTS) is 1. The largest absolute Gasteiger partial charge is 0.480 e. The van der Waals surface area contributed by atoms with E-state index in [0.717, 1.165) is 6.54 Å². The van der Waals surface area contributed by atoms with Crippen LogP contribution in [0.2, 0.25) is 0 Å². The molecule has 17 heavy (non-hydrogen) atoms. The number of nitrogens with one attached hydrogen (secondary N) is 1. The minimum absolute atomic E-state index is 0.241. The molecule has 0 aromatic carbocycles. The van der Waals surface area contributed by atoms with Crippen LogP contribution in [0, 0.1) is 11.8 Å². The van der Waals surface area contributed by atoms with Crippen LogP contribution in [0.3, 0.4) is 0 Å². The number of carbonyl (C=O) groups is 2. The number of aliphatic carboxylic acids is 1. The van der Waals surface area contributed by atoms with Crippen LogP contribution in [0.5, 0.6) is 0 Å². The molecular formula is C12H22N2O3. The number of rotatable bonds is 6. The quantitative estimate of drug-likeness (QED) is 0.742. The summed E-state index contributed by atoms with van der Waals surface area (Å²) in [6, 6.07) is -1.07. The molecule has 0 aromatic heterocycles. The van der Waals surface area contributed by atoms with Crippen molar-refractivity contribution in [1.82, 2.24) is 10.2 Å². The van der Waals surface area contributed by atoms with Crippen molar-refractivity contribution in [3.8, 4) is 0 Å². The normalized spacial score (nSPS) is 16.7. The first-order valence-electron chi connectivity index (χ1n) is 6.14. The molecular weight excluding hydrogens is 220 g/mol. The number of urea groups is 1. The third-order valence-corrected chi connectivity index (χ3v) is 2.88. The lowest BCUT2D eigenvalue weighted by Crippen LogP contribution is -2.47. The van der Waals surface area contributed by atoms with Crippen molar-refractivity contribution in [2.24, 2.45) is 11.8 Å². The molecule has 0 spiro atoms. The summed E-state index contributed by atoms with van der Waals surface area (Å²) in [7, 11) is 1.71. The highest BCUT2D eigenvalue weighted by molar-refractivity contribution is 5.82. The summed E-state index contributed by atoms with van der Waals surface area (Å²) < 4.78 is 0. The summed E-state index contributed by atoms with van der Waals surface area (Å²) in [6.07, 6.45) is 2.80. The molecule has 0 aromatic rings. The average Bonchev–Trinajstić information content (AvgIpc) is 2.99. The van der Waals surface area contributed by atoms with Gasteiger partial charge in [-0.05, 0) is 31.1 Å². The van der Waals surface area contributed by atoms with Gasteiger partial charge in [0.2, 0.25) is 0 Å². The van der Waals surface area contributed by atoms with Crippen LogP contribution in [0.4, 0.5) is 4.79 Å². The van der Waals surface area contributed by atoms with Crippen molar-refractivity contribution < 1.29 is 14.7 Å². The lowest BCUT2D eigenvalue weighted by molar-refractivity contribution is -0.139. The smallest absolute Gasteiger partial charge is 0.326 e. The number of carboxylic acids is 1. The molecule has 98 valence electrons. The molecule has 0 saturated heterocycles. The predicted molar refractivity (Wildman–Crippen MR) is 64.8 cm³/mol. The van der Waals surface area contributed by atoms with Crippen LogP contribution in [-0.2, 0) is 4.79 Å². The van der Waals surface area contributed by atoms with Gasteiger partial charge in [0, 0.05) is 13.6 Å². The van der Waals surface area contributed by atoms with E-state index in [1.54, 1.807) is 11.9 Å². The molecule has 1 rings (SSSR count). The van der Waals surface area contributed by atoms with E-state index in [1.807, 2.05) is 13.8 Å². The highest BCUT2D eigenvalue weighted by atomic mass is 16.4. The molecule has 0 radical (unpaired) electrons. The molecule has 1 aliphatic rings. The monoisotopic (exact) mass is 242 g/mol. The highest BCUT2D eigenvalue weighted by Gasteiger charge is 2.27. The van der Waals surface area contributed by atoms with Crippen molar-refractivity contribution in [1.29, 1.82) is 0 Å². The van der Waals surface area contributed by atoms with Gasteiger partial charge in [-0.25, -0.2) is 9.59 Å². The van der Waals surface area contributed by atoms with Gasteiger partial charge in [0.15, 0.2) is 0 Å². The number of hydrogen-bond acceptors (Lipinski definition) is 2. The second kappa shape index (κ2) is 5.89. The Morgan fingerprint density at radius 2 is 2.00 bits per heavy atom. The van der Waals surface area contributed by atoms with Crippen LogP contribution in [0.1, 0.15) is 33.1 Å². The molecule has 1 atom stereocenters. The van der Waals surface area contributed by atoms with Crippen molar-refractivity contribution in [3.05, 3.63) is 0 Å². The number of nitrogens with zero attached hydrogens (tertiary/aromatic N) is 1. The third kappa shape index (κ3) is 5.06. The van der Waals surface area contributed by atoms with Gasteiger partial charge in [-0.2, -0.15) is 0 Å². The van der Waals surface area contributed by atoms with Crippen LogP contribution >= 0.6 is 0 Å². The molecule has 5 heteroatoms.